The molecular formula is C15H19N5O. The standard InChI is InChI=1S/C15H19N5O/c21-15(13-3-1-5-16-11-13)18-10-12-4-7-17-14(9-12)20-8-2-6-19-20/h2,4,6-9,13,16H,1,3,5,10-11H2,(H,18,21). The van der Waals surface area contributed by atoms with Crippen LogP contribution in [0.4, 0.5) is 0 Å². The van der Waals surface area contributed by atoms with Gasteiger partial charge in [0.15, 0.2) is 5.82 Å². The van der Waals surface area contributed by atoms with Crippen molar-refractivity contribution in [2.75, 3.05) is 13.1 Å². The maximum atomic E-state index is 12.1. The number of nitrogens with one attached hydrogen (secondary N) is 2. The first-order valence-corrected chi connectivity index (χ1v) is 7.26. The molecule has 2 aromatic heterocycles. The molecule has 0 aliphatic carbocycles. The summed E-state index contributed by atoms with van der Waals surface area (Å²) < 4.78 is 1.70. The Kier molecular flexibility index (Phi) is 4.25. The van der Waals surface area contributed by atoms with E-state index in [4.69, 9.17) is 0 Å². The number of aromatic nitrogens is 3. The van der Waals surface area contributed by atoms with Gasteiger partial charge in [-0.05, 0) is 43.1 Å². The van der Waals surface area contributed by atoms with Gasteiger partial charge >= 0.3 is 0 Å². The molecule has 3 heterocycles. The van der Waals surface area contributed by atoms with Crippen molar-refractivity contribution in [2.45, 2.75) is 19.4 Å². The molecule has 1 aliphatic rings. The molecule has 2 aromatic rings. The smallest absolute Gasteiger partial charge is 0.224 e. The van der Waals surface area contributed by atoms with E-state index in [1.165, 1.54) is 0 Å². The lowest BCUT2D eigenvalue weighted by Crippen LogP contribution is -2.40. The normalized spacial score (nSPS) is 18.4. The minimum Gasteiger partial charge on any atom is -0.352 e. The number of carbonyl (C=O) groups excluding carboxylic acids is 1. The number of amides is 1. The number of nitrogens with zero attached hydrogens (tertiary/aromatic N) is 3. The van der Waals surface area contributed by atoms with Crippen molar-refractivity contribution in [3.05, 3.63) is 42.4 Å². The molecule has 1 amide bonds. The summed E-state index contributed by atoms with van der Waals surface area (Å²) in [5, 5.41) is 10.4. The van der Waals surface area contributed by atoms with Gasteiger partial charge < -0.3 is 10.6 Å². The predicted octanol–water partition coefficient (Wildman–Crippen LogP) is 0.883. The summed E-state index contributed by atoms with van der Waals surface area (Å²) in [5.74, 6) is 0.969. The van der Waals surface area contributed by atoms with E-state index >= 15 is 0 Å². The maximum absolute atomic E-state index is 12.1. The average molecular weight is 285 g/mol. The molecule has 2 N–H and O–H groups in total. The van der Waals surface area contributed by atoms with E-state index in [0.29, 0.717) is 6.54 Å². The van der Waals surface area contributed by atoms with E-state index in [2.05, 4.69) is 20.7 Å². The minimum atomic E-state index is 0.0890. The summed E-state index contributed by atoms with van der Waals surface area (Å²) in [4.78, 5) is 16.4. The highest BCUT2D eigenvalue weighted by Gasteiger charge is 2.20. The van der Waals surface area contributed by atoms with Crippen molar-refractivity contribution in [1.82, 2.24) is 25.4 Å². The Morgan fingerprint density at radius 1 is 1.48 bits per heavy atom. The third kappa shape index (κ3) is 3.46. The molecule has 1 aliphatic heterocycles. The van der Waals surface area contributed by atoms with Crippen LogP contribution in [-0.4, -0.2) is 33.8 Å². The molecular weight excluding hydrogens is 266 g/mol. The summed E-state index contributed by atoms with van der Waals surface area (Å²) in [6, 6.07) is 5.70. The fourth-order valence-electron chi connectivity index (χ4n) is 2.51. The second kappa shape index (κ2) is 6.49. The summed E-state index contributed by atoms with van der Waals surface area (Å²) in [7, 11) is 0. The van der Waals surface area contributed by atoms with Gasteiger partial charge in [0.1, 0.15) is 0 Å². The van der Waals surface area contributed by atoms with Crippen LogP contribution < -0.4 is 10.6 Å². The average Bonchev–Trinajstić information content (AvgIpc) is 3.08. The molecule has 6 heteroatoms. The van der Waals surface area contributed by atoms with Crippen LogP contribution in [0.3, 0.4) is 0 Å². The Bertz CT molecular complexity index is 590. The first-order valence-electron chi connectivity index (χ1n) is 7.26. The number of carbonyl (C=O) groups is 1. The topological polar surface area (TPSA) is 71.8 Å². The van der Waals surface area contributed by atoms with Crippen molar-refractivity contribution in [1.29, 1.82) is 0 Å². The molecule has 0 radical (unpaired) electrons. The van der Waals surface area contributed by atoms with Crippen LogP contribution >= 0.6 is 0 Å². The van der Waals surface area contributed by atoms with Crippen molar-refractivity contribution < 1.29 is 4.79 Å². The molecule has 1 unspecified atom stereocenters. The molecule has 0 aromatic carbocycles. The second-order valence-electron chi connectivity index (χ2n) is 5.23. The highest BCUT2D eigenvalue weighted by molar-refractivity contribution is 5.78. The van der Waals surface area contributed by atoms with Gasteiger partial charge in [-0.15, -0.1) is 0 Å². The van der Waals surface area contributed by atoms with E-state index in [1.807, 2.05) is 24.4 Å². The monoisotopic (exact) mass is 285 g/mol. The Morgan fingerprint density at radius 2 is 2.43 bits per heavy atom. The minimum absolute atomic E-state index is 0.0890. The number of hydrogen-bond acceptors (Lipinski definition) is 4. The van der Waals surface area contributed by atoms with Crippen molar-refractivity contribution in [3.63, 3.8) is 0 Å². The van der Waals surface area contributed by atoms with E-state index in [-0.39, 0.29) is 11.8 Å². The van der Waals surface area contributed by atoms with E-state index in [9.17, 15) is 4.79 Å². The molecule has 0 spiro atoms. The molecule has 1 atom stereocenters. The molecule has 0 bridgehead atoms. The second-order valence-corrected chi connectivity index (χ2v) is 5.23. The van der Waals surface area contributed by atoms with Crippen LogP contribution in [0.5, 0.6) is 0 Å². The Labute approximate surface area is 123 Å². The lowest BCUT2D eigenvalue weighted by atomic mass is 9.99. The molecule has 21 heavy (non-hydrogen) atoms. The summed E-state index contributed by atoms with van der Waals surface area (Å²) in [5.41, 5.74) is 1.02. The van der Waals surface area contributed by atoms with Gasteiger partial charge in [-0.25, -0.2) is 9.67 Å². The molecule has 110 valence electrons. The molecule has 6 nitrogen and oxygen atoms in total. The first-order chi connectivity index (χ1) is 10.3. The van der Waals surface area contributed by atoms with E-state index in [0.717, 1.165) is 37.3 Å². The number of rotatable bonds is 4. The first kappa shape index (κ1) is 13.8. The molecule has 0 saturated carbocycles. The third-order valence-electron chi connectivity index (χ3n) is 3.68. The Hall–Kier alpha value is -2.21. The van der Waals surface area contributed by atoms with Gasteiger partial charge in [-0.2, -0.15) is 5.10 Å². The van der Waals surface area contributed by atoms with Crippen molar-refractivity contribution >= 4 is 5.91 Å². The Morgan fingerprint density at radius 3 is 3.19 bits per heavy atom. The summed E-state index contributed by atoms with van der Waals surface area (Å²) >= 11 is 0. The fraction of sp³-hybridized carbons (Fsp3) is 0.400. The van der Waals surface area contributed by atoms with Gasteiger partial charge in [0, 0.05) is 31.7 Å². The van der Waals surface area contributed by atoms with Gasteiger partial charge in [-0.3, -0.25) is 4.79 Å². The van der Waals surface area contributed by atoms with Crippen LogP contribution in [0.25, 0.3) is 5.82 Å². The van der Waals surface area contributed by atoms with Crippen LogP contribution in [0.2, 0.25) is 0 Å². The zero-order valence-corrected chi connectivity index (χ0v) is 11.8. The van der Waals surface area contributed by atoms with Gasteiger partial charge in [0.05, 0.1) is 5.92 Å². The summed E-state index contributed by atoms with van der Waals surface area (Å²) in [6.45, 7) is 2.31. The highest BCUT2D eigenvalue weighted by Crippen LogP contribution is 2.11. The van der Waals surface area contributed by atoms with Crippen molar-refractivity contribution in [3.8, 4) is 5.82 Å². The quantitative estimate of drug-likeness (QED) is 0.875. The van der Waals surface area contributed by atoms with E-state index < -0.39 is 0 Å². The number of piperidine rings is 1. The molecule has 3 rings (SSSR count). The van der Waals surface area contributed by atoms with Gasteiger partial charge in [-0.1, -0.05) is 0 Å². The number of pyridine rings is 1. The SMILES string of the molecule is O=C(NCc1ccnc(-n2cccn2)c1)C1CCCNC1. The molecule has 1 saturated heterocycles. The zero-order valence-electron chi connectivity index (χ0n) is 11.8. The highest BCUT2D eigenvalue weighted by atomic mass is 16.1. The van der Waals surface area contributed by atoms with Crippen LogP contribution in [0, 0.1) is 5.92 Å². The fourth-order valence-corrected chi connectivity index (χ4v) is 2.51. The number of hydrogen-bond donors (Lipinski definition) is 2. The lowest BCUT2D eigenvalue weighted by Gasteiger charge is -2.21. The van der Waals surface area contributed by atoms with Crippen molar-refractivity contribution in [2.24, 2.45) is 5.92 Å². The van der Waals surface area contributed by atoms with Crippen LogP contribution in [-0.2, 0) is 11.3 Å². The largest absolute Gasteiger partial charge is 0.352 e. The van der Waals surface area contributed by atoms with E-state index in [1.54, 1.807) is 17.1 Å². The van der Waals surface area contributed by atoms with Gasteiger partial charge in [0.2, 0.25) is 5.91 Å². The summed E-state index contributed by atoms with van der Waals surface area (Å²) in [6.07, 6.45) is 7.33. The van der Waals surface area contributed by atoms with Crippen LogP contribution in [0.1, 0.15) is 18.4 Å². The zero-order chi connectivity index (χ0) is 14.5. The Balaban J connectivity index is 1.60. The maximum Gasteiger partial charge on any atom is 0.224 e. The molecule has 1 fully saturated rings. The van der Waals surface area contributed by atoms with Gasteiger partial charge in [0.25, 0.3) is 0 Å². The lowest BCUT2D eigenvalue weighted by molar-refractivity contribution is -0.125. The van der Waals surface area contributed by atoms with Crippen LogP contribution in [0.15, 0.2) is 36.8 Å². The predicted molar refractivity (Wildman–Crippen MR) is 78.8 cm³/mol. The third-order valence-corrected chi connectivity index (χ3v) is 3.68.